The molecular weight excluding hydrogens is 249 g/mol. The largest absolute Gasteiger partial charge is 0.411 e. The first-order chi connectivity index (χ1) is 8.58. The standard InChI is InChI=1S/C11H21F3N2O2/c12-11(13,14)10-18-7-1-2-15-3-4-16-5-8-17-9-6-16/h15H,1-10H2. The average Bonchev–Trinajstić information content (AvgIpc) is 2.32. The fourth-order valence-corrected chi connectivity index (χ4v) is 1.67. The molecule has 1 saturated heterocycles. The van der Waals surface area contributed by atoms with Gasteiger partial charge in [-0.25, -0.2) is 0 Å². The summed E-state index contributed by atoms with van der Waals surface area (Å²) in [5.74, 6) is 0. The molecule has 1 aliphatic heterocycles. The van der Waals surface area contributed by atoms with Gasteiger partial charge in [-0.1, -0.05) is 0 Å². The average molecular weight is 270 g/mol. The summed E-state index contributed by atoms with van der Waals surface area (Å²) in [5, 5.41) is 3.19. The summed E-state index contributed by atoms with van der Waals surface area (Å²) in [6, 6.07) is 0. The van der Waals surface area contributed by atoms with E-state index in [2.05, 4.69) is 15.0 Å². The molecule has 1 N–H and O–H groups in total. The molecule has 0 aromatic carbocycles. The highest BCUT2D eigenvalue weighted by Gasteiger charge is 2.27. The smallest absolute Gasteiger partial charge is 0.379 e. The highest BCUT2D eigenvalue weighted by Crippen LogP contribution is 2.14. The van der Waals surface area contributed by atoms with E-state index in [9.17, 15) is 13.2 Å². The van der Waals surface area contributed by atoms with Crippen LogP contribution in [0.4, 0.5) is 13.2 Å². The van der Waals surface area contributed by atoms with Gasteiger partial charge in [0.15, 0.2) is 0 Å². The molecule has 1 heterocycles. The minimum atomic E-state index is -4.22. The number of rotatable bonds is 8. The molecule has 0 spiro atoms. The van der Waals surface area contributed by atoms with Crippen molar-refractivity contribution in [1.82, 2.24) is 10.2 Å². The first-order valence-corrected chi connectivity index (χ1v) is 6.23. The maximum atomic E-state index is 11.7. The van der Waals surface area contributed by atoms with E-state index in [0.29, 0.717) is 13.0 Å². The molecule has 0 radical (unpaired) electrons. The molecule has 0 aromatic rings. The van der Waals surface area contributed by atoms with Crippen molar-refractivity contribution in [1.29, 1.82) is 0 Å². The van der Waals surface area contributed by atoms with E-state index < -0.39 is 12.8 Å². The Hall–Kier alpha value is -0.370. The minimum Gasteiger partial charge on any atom is -0.379 e. The molecule has 0 aromatic heterocycles. The third-order valence-electron chi connectivity index (χ3n) is 2.62. The molecule has 108 valence electrons. The first-order valence-electron chi connectivity index (χ1n) is 6.23. The third kappa shape index (κ3) is 8.68. The van der Waals surface area contributed by atoms with E-state index in [1.54, 1.807) is 0 Å². The maximum Gasteiger partial charge on any atom is 0.411 e. The number of morpholine rings is 1. The van der Waals surface area contributed by atoms with Crippen molar-refractivity contribution < 1.29 is 22.6 Å². The Bertz CT molecular complexity index is 209. The van der Waals surface area contributed by atoms with Crippen molar-refractivity contribution in [3.8, 4) is 0 Å². The Morgan fingerprint density at radius 1 is 1.17 bits per heavy atom. The van der Waals surface area contributed by atoms with Crippen molar-refractivity contribution in [2.24, 2.45) is 0 Å². The number of hydrogen-bond donors (Lipinski definition) is 1. The fourth-order valence-electron chi connectivity index (χ4n) is 1.67. The van der Waals surface area contributed by atoms with Gasteiger partial charge in [0.25, 0.3) is 0 Å². The van der Waals surface area contributed by atoms with Crippen LogP contribution in [0, 0.1) is 0 Å². The summed E-state index contributed by atoms with van der Waals surface area (Å²) in [5.41, 5.74) is 0. The Morgan fingerprint density at radius 3 is 2.56 bits per heavy atom. The van der Waals surface area contributed by atoms with Gasteiger partial charge in [-0.2, -0.15) is 13.2 Å². The number of halogens is 3. The zero-order valence-electron chi connectivity index (χ0n) is 10.5. The molecule has 0 unspecified atom stereocenters. The second-order valence-electron chi connectivity index (χ2n) is 4.23. The number of nitrogens with one attached hydrogen (secondary N) is 1. The van der Waals surface area contributed by atoms with Gasteiger partial charge < -0.3 is 14.8 Å². The quantitative estimate of drug-likeness (QED) is 0.664. The van der Waals surface area contributed by atoms with Crippen LogP contribution in [0.1, 0.15) is 6.42 Å². The lowest BCUT2D eigenvalue weighted by Crippen LogP contribution is -2.40. The van der Waals surface area contributed by atoms with Gasteiger partial charge in [0.05, 0.1) is 13.2 Å². The van der Waals surface area contributed by atoms with Crippen LogP contribution in [0.3, 0.4) is 0 Å². The summed E-state index contributed by atoms with van der Waals surface area (Å²) in [6.07, 6.45) is -3.62. The van der Waals surface area contributed by atoms with Crippen LogP contribution in [0.15, 0.2) is 0 Å². The minimum absolute atomic E-state index is 0.143. The van der Waals surface area contributed by atoms with Crippen molar-refractivity contribution in [3.05, 3.63) is 0 Å². The summed E-state index contributed by atoms with van der Waals surface area (Å²) < 4.78 is 44.9. The number of ether oxygens (including phenoxy) is 2. The molecule has 7 heteroatoms. The predicted molar refractivity (Wildman–Crippen MR) is 61.6 cm³/mol. The lowest BCUT2D eigenvalue weighted by Gasteiger charge is -2.26. The van der Waals surface area contributed by atoms with E-state index in [-0.39, 0.29) is 6.61 Å². The van der Waals surface area contributed by atoms with E-state index in [0.717, 1.165) is 39.4 Å². The third-order valence-corrected chi connectivity index (χ3v) is 2.62. The van der Waals surface area contributed by atoms with Gasteiger partial charge >= 0.3 is 6.18 Å². The molecule has 1 aliphatic rings. The van der Waals surface area contributed by atoms with E-state index >= 15 is 0 Å². The van der Waals surface area contributed by atoms with Crippen LogP contribution in [0.5, 0.6) is 0 Å². The topological polar surface area (TPSA) is 33.7 Å². The summed E-state index contributed by atoms with van der Waals surface area (Å²) in [6.45, 7) is 4.95. The number of nitrogens with zero attached hydrogens (tertiary/aromatic N) is 1. The lowest BCUT2D eigenvalue weighted by atomic mass is 10.4. The van der Waals surface area contributed by atoms with Gasteiger partial charge in [-0.15, -0.1) is 0 Å². The van der Waals surface area contributed by atoms with Crippen LogP contribution >= 0.6 is 0 Å². The molecule has 1 rings (SSSR count). The van der Waals surface area contributed by atoms with Crippen molar-refractivity contribution in [3.63, 3.8) is 0 Å². The Kier molecular flexibility index (Phi) is 7.57. The highest BCUT2D eigenvalue weighted by atomic mass is 19.4. The first kappa shape index (κ1) is 15.7. The second kappa shape index (κ2) is 8.68. The Balaban J connectivity index is 1.81. The van der Waals surface area contributed by atoms with E-state index in [4.69, 9.17) is 4.74 Å². The summed E-state index contributed by atoms with van der Waals surface area (Å²) >= 11 is 0. The van der Waals surface area contributed by atoms with Crippen LogP contribution in [-0.2, 0) is 9.47 Å². The molecule has 1 fully saturated rings. The molecule has 0 saturated carbocycles. The molecule has 0 aliphatic carbocycles. The zero-order chi connectivity index (χ0) is 13.3. The van der Waals surface area contributed by atoms with E-state index in [1.807, 2.05) is 0 Å². The lowest BCUT2D eigenvalue weighted by molar-refractivity contribution is -0.173. The molecule has 18 heavy (non-hydrogen) atoms. The fraction of sp³-hybridized carbons (Fsp3) is 1.00. The number of hydrogen-bond acceptors (Lipinski definition) is 4. The predicted octanol–water partition coefficient (Wildman–Crippen LogP) is 0.877. The van der Waals surface area contributed by atoms with Gasteiger partial charge in [0, 0.05) is 32.8 Å². The van der Waals surface area contributed by atoms with Gasteiger partial charge in [0.1, 0.15) is 6.61 Å². The molecule has 0 atom stereocenters. The normalized spacial score (nSPS) is 18.2. The molecule has 4 nitrogen and oxygen atoms in total. The van der Waals surface area contributed by atoms with Gasteiger partial charge in [-0.05, 0) is 13.0 Å². The Morgan fingerprint density at radius 2 is 1.89 bits per heavy atom. The zero-order valence-corrected chi connectivity index (χ0v) is 10.5. The molecule has 0 amide bonds. The summed E-state index contributed by atoms with van der Waals surface area (Å²) in [4.78, 5) is 2.30. The highest BCUT2D eigenvalue weighted by molar-refractivity contribution is 4.63. The Labute approximate surface area is 105 Å². The SMILES string of the molecule is FC(F)(F)COCCCNCCN1CCOCC1. The van der Waals surface area contributed by atoms with Gasteiger partial charge in [0.2, 0.25) is 0 Å². The molecule has 0 bridgehead atoms. The van der Waals surface area contributed by atoms with Crippen molar-refractivity contribution in [2.45, 2.75) is 12.6 Å². The molecular formula is C11H21F3N2O2. The van der Waals surface area contributed by atoms with Crippen LogP contribution in [-0.4, -0.2) is 70.2 Å². The van der Waals surface area contributed by atoms with Crippen LogP contribution in [0.25, 0.3) is 0 Å². The summed E-state index contributed by atoms with van der Waals surface area (Å²) in [7, 11) is 0. The van der Waals surface area contributed by atoms with Crippen molar-refractivity contribution >= 4 is 0 Å². The monoisotopic (exact) mass is 270 g/mol. The van der Waals surface area contributed by atoms with Crippen LogP contribution in [0.2, 0.25) is 0 Å². The number of alkyl halides is 3. The van der Waals surface area contributed by atoms with Crippen LogP contribution < -0.4 is 5.32 Å². The van der Waals surface area contributed by atoms with Gasteiger partial charge in [-0.3, -0.25) is 4.90 Å². The maximum absolute atomic E-state index is 11.7. The van der Waals surface area contributed by atoms with Crippen molar-refractivity contribution in [2.75, 3.05) is 59.2 Å². The van der Waals surface area contributed by atoms with E-state index in [1.165, 1.54) is 0 Å². The second-order valence-corrected chi connectivity index (χ2v) is 4.23.